The van der Waals surface area contributed by atoms with E-state index in [9.17, 15) is 9.59 Å². The van der Waals surface area contributed by atoms with Crippen LogP contribution in [0.3, 0.4) is 0 Å². The van der Waals surface area contributed by atoms with Gasteiger partial charge in [-0.25, -0.2) is 0 Å². The van der Waals surface area contributed by atoms with E-state index in [2.05, 4.69) is 29.7 Å². The Bertz CT molecular complexity index is 679. The molecule has 5 nitrogen and oxygen atoms in total. The van der Waals surface area contributed by atoms with Crippen LogP contribution in [0.5, 0.6) is 0 Å². The third-order valence-corrected chi connectivity index (χ3v) is 6.37. The summed E-state index contributed by atoms with van der Waals surface area (Å²) in [5.41, 5.74) is 4.40. The summed E-state index contributed by atoms with van der Waals surface area (Å²) in [4.78, 5) is 26.3. The number of amides is 2. The van der Waals surface area contributed by atoms with E-state index in [1.54, 1.807) is 0 Å². The Morgan fingerprint density at radius 1 is 0.964 bits per heavy atom. The van der Waals surface area contributed by atoms with E-state index in [1.165, 1.54) is 29.7 Å². The maximum atomic E-state index is 12.5. The van der Waals surface area contributed by atoms with Crippen molar-refractivity contribution < 1.29 is 14.5 Å². The van der Waals surface area contributed by atoms with Crippen molar-refractivity contribution in [2.24, 2.45) is 5.92 Å². The van der Waals surface area contributed by atoms with Gasteiger partial charge in [-0.2, -0.15) is 0 Å². The molecule has 1 aliphatic heterocycles. The topological polar surface area (TPSA) is 62.6 Å². The molecule has 0 radical (unpaired) electrons. The van der Waals surface area contributed by atoms with Gasteiger partial charge in [-0.05, 0) is 44.7 Å². The molecule has 1 saturated heterocycles. The number of piperidine rings is 1. The van der Waals surface area contributed by atoms with Crippen molar-refractivity contribution in [1.29, 1.82) is 0 Å². The van der Waals surface area contributed by atoms with Crippen molar-refractivity contribution in [2.45, 2.75) is 71.8 Å². The van der Waals surface area contributed by atoms with E-state index in [1.807, 2.05) is 13.8 Å². The van der Waals surface area contributed by atoms with Crippen LogP contribution in [-0.4, -0.2) is 37.5 Å². The summed E-state index contributed by atoms with van der Waals surface area (Å²) in [5, 5.41) is 6.38. The highest BCUT2D eigenvalue weighted by atomic mass is 16.2. The molecule has 2 amide bonds. The van der Waals surface area contributed by atoms with Crippen LogP contribution < -0.4 is 15.5 Å². The van der Waals surface area contributed by atoms with Gasteiger partial charge < -0.3 is 15.5 Å². The zero-order chi connectivity index (χ0) is 20.1. The fourth-order valence-corrected chi connectivity index (χ4v) is 4.82. The largest absolute Gasteiger partial charge is 0.353 e. The van der Waals surface area contributed by atoms with Crippen LogP contribution in [0.4, 0.5) is 5.69 Å². The second-order valence-corrected chi connectivity index (χ2v) is 8.87. The van der Waals surface area contributed by atoms with Gasteiger partial charge >= 0.3 is 0 Å². The normalized spacial score (nSPS) is 23.2. The molecule has 0 spiro atoms. The monoisotopic (exact) mass is 386 g/mol. The van der Waals surface area contributed by atoms with Crippen LogP contribution in [0.25, 0.3) is 0 Å². The molecule has 28 heavy (non-hydrogen) atoms. The molecular weight excluding hydrogens is 350 g/mol. The van der Waals surface area contributed by atoms with E-state index in [0.717, 1.165) is 55.6 Å². The zero-order valence-corrected chi connectivity index (χ0v) is 17.7. The number of nitrogens with one attached hydrogen (secondary N) is 3. The summed E-state index contributed by atoms with van der Waals surface area (Å²) >= 11 is 0. The molecule has 2 aliphatic rings. The first-order valence-electron chi connectivity index (χ1n) is 10.9. The van der Waals surface area contributed by atoms with Crippen molar-refractivity contribution >= 4 is 17.5 Å². The quantitative estimate of drug-likeness (QED) is 0.727. The summed E-state index contributed by atoms with van der Waals surface area (Å²) in [6.45, 7) is 8.54. The Morgan fingerprint density at radius 3 is 2.18 bits per heavy atom. The molecule has 1 saturated carbocycles. The molecule has 2 fully saturated rings. The number of carbonyl (C=O) groups is 2. The summed E-state index contributed by atoms with van der Waals surface area (Å²) in [6, 6.07) is 4.49. The van der Waals surface area contributed by atoms with Crippen molar-refractivity contribution in [2.75, 3.05) is 25.0 Å². The van der Waals surface area contributed by atoms with Gasteiger partial charge in [0.05, 0.1) is 13.1 Å². The van der Waals surface area contributed by atoms with Crippen molar-refractivity contribution in [3.63, 3.8) is 0 Å². The minimum atomic E-state index is 0.0785. The lowest BCUT2D eigenvalue weighted by Crippen LogP contribution is -3.14. The van der Waals surface area contributed by atoms with Crippen LogP contribution in [0.15, 0.2) is 12.1 Å². The molecule has 1 aromatic rings. The number of likely N-dealkylation sites (tertiary alicyclic amines) is 1. The van der Waals surface area contributed by atoms with Crippen LogP contribution in [0.2, 0.25) is 0 Å². The number of aryl methyl sites for hydroxylation is 3. The third-order valence-electron chi connectivity index (χ3n) is 6.37. The Morgan fingerprint density at radius 2 is 1.57 bits per heavy atom. The smallest absolute Gasteiger partial charge is 0.279 e. The van der Waals surface area contributed by atoms with Crippen LogP contribution >= 0.6 is 0 Å². The van der Waals surface area contributed by atoms with Crippen molar-refractivity contribution in [1.82, 2.24) is 5.32 Å². The van der Waals surface area contributed by atoms with Gasteiger partial charge in [0.15, 0.2) is 6.54 Å². The Kier molecular flexibility index (Phi) is 7.11. The highest BCUT2D eigenvalue weighted by Gasteiger charge is 2.28. The highest BCUT2D eigenvalue weighted by molar-refractivity contribution is 5.93. The molecule has 1 heterocycles. The highest BCUT2D eigenvalue weighted by Crippen LogP contribution is 2.24. The first-order valence-corrected chi connectivity index (χ1v) is 10.9. The first kappa shape index (κ1) is 20.8. The number of hydrogen-bond acceptors (Lipinski definition) is 2. The van der Waals surface area contributed by atoms with Crippen LogP contribution in [0.1, 0.15) is 61.6 Å². The summed E-state index contributed by atoms with van der Waals surface area (Å²) in [7, 11) is 0. The average Bonchev–Trinajstić information content (AvgIpc) is 2.67. The standard InChI is InChI=1S/C23H35N3O2/c1-16-13-17(2)22(18(3)14-16)25-21(27)15-26-11-9-20(10-12-26)24-23(28)19-7-5-4-6-8-19/h13-14,19-20H,4-12,15H2,1-3H3,(H,24,28)(H,25,27)/p+1. The SMILES string of the molecule is Cc1cc(C)c(NC(=O)C[NH+]2CCC(NC(=O)C3CCCCC3)CC2)c(C)c1. The Hall–Kier alpha value is -1.88. The summed E-state index contributed by atoms with van der Waals surface area (Å²) in [6.07, 6.45) is 7.68. The molecule has 3 N–H and O–H groups in total. The molecule has 0 aromatic heterocycles. The minimum Gasteiger partial charge on any atom is -0.353 e. The lowest BCUT2D eigenvalue weighted by atomic mass is 9.88. The molecule has 3 rings (SSSR count). The number of carbonyl (C=O) groups excluding carboxylic acids is 2. The fourth-order valence-electron chi connectivity index (χ4n) is 4.82. The van der Waals surface area contributed by atoms with Gasteiger partial charge in [0.2, 0.25) is 5.91 Å². The van der Waals surface area contributed by atoms with Crippen LogP contribution in [-0.2, 0) is 9.59 Å². The maximum absolute atomic E-state index is 12.5. The van der Waals surface area contributed by atoms with Gasteiger partial charge in [-0.1, -0.05) is 37.0 Å². The third kappa shape index (κ3) is 5.57. The zero-order valence-electron chi connectivity index (χ0n) is 17.7. The maximum Gasteiger partial charge on any atom is 0.279 e. The molecule has 0 atom stereocenters. The van der Waals surface area contributed by atoms with Gasteiger partial charge in [0.1, 0.15) is 0 Å². The van der Waals surface area contributed by atoms with E-state index < -0.39 is 0 Å². The molecule has 0 unspecified atom stereocenters. The van der Waals surface area contributed by atoms with E-state index in [0.29, 0.717) is 6.54 Å². The van der Waals surface area contributed by atoms with E-state index in [4.69, 9.17) is 0 Å². The number of rotatable bonds is 5. The van der Waals surface area contributed by atoms with Gasteiger partial charge in [-0.3, -0.25) is 9.59 Å². The number of quaternary nitrogens is 1. The van der Waals surface area contributed by atoms with Crippen LogP contribution in [0, 0.1) is 26.7 Å². The van der Waals surface area contributed by atoms with Gasteiger partial charge in [0, 0.05) is 30.5 Å². The van der Waals surface area contributed by atoms with Crippen molar-refractivity contribution in [3.8, 4) is 0 Å². The summed E-state index contributed by atoms with van der Waals surface area (Å²) in [5.74, 6) is 0.567. The lowest BCUT2D eigenvalue weighted by molar-refractivity contribution is -0.897. The predicted molar refractivity (Wildman–Crippen MR) is 113 cm³/mol. The molecular formula is C23H36N3O2+. The van der Waals surface area contributed by atoms with Crippen molar-refractivity contribution in [3.05, 3.63) is 28.8 Å². The molecule has 154 valence electrons. The minimum absolute atomic E-state index is 0.0785. The predicted octanol–water partition coefficient (Wildman–Crippen LogP) is 2.29. The molecule has 5 heteroatoms. The van der Waals surface area contributed by atoms with Gasteiger partial charge in [-0.15, -0.1) is 0 Å². The second kappa shape index (κ2) is 9.55. The van der Waals surface area contributed by atoms with E-state index in [-0.39, 0.29) is 23.8 Å². The number of anilines is 1. The lowest BCUT2D eigenvalue weighted by Gasteiger charge is -2.31. The summed E-state index contributed by atoms with van der Waals surface area (Å²) < 4.78 is 0. The average molecular weight is 387 g/mol. The Balaban J connectivity index is 1.42. The Labute approximate surface area is 169 Å². The van der Waals surface area contributed by atoms with E-state index >= 15 is 0 Å². The number of benzene rings is 1. The molecule has 1 aliphatic carbocycles. The fraction of sp³-hybridized carbons (Fsp3) is 0.652. The second-order valence-electron chi connectivity index (χ2n) is 8.87. The first-order chi connectivity index (χ1) is 13.4. The molecule has 0 bridgehead atoms. The number of hydrogen-bond donors (Lipinski definition) is 3. The molecule has 1 aromatic carbocycles. The van der Waals surface area contributed by atoms with Gasteiger partial charge in [0.25, 0.3) is 5.91 Å².